The number of hydrogen-bond acceptors (Lipinski definition) is 0. The summed E-state index contributed by atoms with van der Waals surface area (Å²) in [4.78, 5) is 0. The minimum Gasteiger partial charge on any atom is -0.0620 e. The lowest BCUT2D eigenvalue weighted by molar-refractivity contribution is 1.46. The SMILES string of the molecule is Cc1ccccc1-c1c2c(c(-c3ccccc3C)c3ccccc13)-c1ccc3c4c1c-2ccc4c1cccc2c1c3c1cccc3c4ccc5c6c(ccc(c64)c2c31)-c1c-5c(-c2ccccc2I)c2ccccc2c1-c1ccccc1C. The van der Waals surface area contributed by atoms with E-state index in [1.807, 2.05) is 0 Å². The first-order valence-electron chi connectivity index (χ1n) is 28.8. The van der Waals surface area contributed by atoms with E-state index in [0.717, 1.165) is 0 Å². The molecule has 0 radical (unpaired) electrons. The summed E-state index contributed by atoms with van der Waals surface area (Å²) in [6.45, 7) is 6.83. The molecule has 0 aliphatic heterocycles. The quantitative estimate of drug-likeness (QED) is 0.0936. The fourth-order valence-electron chi connectivity index (χ4n) is 16.3. The molecule has 0 amide bonds. The summed E-state index contributed by atoms with van der Waals surface area (Å²) in [5.74, 6) is 0. The van der Waals surface area contributed by atoms with Crippen LogP contribution >= 0.6 is 22.6 Å². The van der Waals surface area contributed by atoms with Crippen molar-refractivity contribution in [1.82, 2.24) is 0 Å². The Morgan fingerprint density at radius 1 is 0.171 bits per heavy atom. The highest BCUT2D eigenvalue weighted by atomic mass is 127. The summed E-state index contributed by atoms with van der Waals surface area (Å²) >= 11 is 2.56. The van der Waals surface area contributed by atoms with Gasteiger partial charge >= 0.3 is 0 Å². The molecular formula is C81H47I. The topological polar surface area (TPSA) is 0 Å². The average molecular weight is 1150 g/mol. The molecule has 0 unspecified atom stereocenters. The Morgan fingerprint density at radius 2 is 0.415 bits per heavy atom. The van der Waals surface area contributed by atoms with Gasteiger partial charge in [-0.25, -0.2) is 0 Å². The maximum atomic E-state index is 2.56. The molecule has 17 aromatic carbocycles. The second-order valence-corrected chi connectivity index (χ2v) is 24.5. The molecule has 2 aliphatic carbocycles. The van der Waals surface area contributed by atoms with Gasteiger partial charge in [0.15, 0.2) is 0 Å². The van der Waals surface area contributed by atoms with E-state index in [2.05, 4.69) is 274 Å². The summed E-state index contributed by atoms with van der Waals surface area (Å²) < 4.78 is 1.25. The third-order valence-corrected chi connectivity index (χ3v) is 20.4. The summed E-state index contributed by atoms with van der Waals surface area (Å²) in [5, 5.41) is 26.6. The Labute approximate surface area is 487 Å². The molecule has 0 bridgehead atoms. The number of benzene rings is 17. The smallest absolute Gasteiger partial charge is 0.0209 e. The normalized spacial score (nSPS) is 12.6. The van der Waals surface area contributed by atoms with Gasteiger partial charge in [-0.15, -0.1) is 0 Å². The molecule has 0 saturated heterocycles. The molecule has 0 N–H and O–H groups in total. The minimum absolute atomic E-state index is 1.25. The molecule has 378 valence electrons. The van der Waals surface area contributed by atoms with Crippen LogP contribution in [0.1, 0.15) is 16.7 Å². The van der Waals surface area contributed by atoms with Gasteiger partial charge in [-0.3, -0.25) is 0 Å². The summed E-state index contributed by atoms with van der Waals surface area (Å²) in [5.41, 5.74) is 25.0. The Morgan fingerprint density at radius 3 is 0.780 bits per heavy atom. The largest absolute Gasteiger partial charge is 0.0620 e. The Balaban J connectivity index is 0.956. The van der Waals surface area contributed by atoms with Gasteiger partial charge in [-0.1, -0.05) is 224 Å². The van der Waals surface area contributed by atoms with Gasteiger partial charge in [0.1, 0.15) is 0 Å². The fourth-order valence-corrected chi connectivity index (χ4v) is 17.0. The van der Waals surface area contributed by atoms with E-state index in [1.54, 1.807) is 0 Å². The van der Waals surface area contributed by atoms with E-state index < -0.39 is 0 Å². The van der Waals surface area contributed by atoms with Crippen LogP contribution < -0.4 is 0 Å². The molecule has 1 heteroatoms. The number of hydrogen-bond donors (Lipinski definition) is 0. The zero-order valence-corrected chi connectivity index (χ0v) is 47.5. The first kappa shape index (κ1) is 45.3. The van der Waals surface area contributed by atoms with E-state index in [-0.39, 0.29) is 0 Å². The lowest BCUT2D eigenvalue weighted by Crippen LogP contribution is -1.95. The molecule has 17 aromatic rings. The maximum Gasteiger partial charge on any atom is 0.0209 e. The predicted octanol–water partition coefficient (Wildman–Crippen LogP) is 23.6. The number of aryl methyl sites for hydroxylation is 3. The maximum absolute atomic E-state index is 2.56. The van der Waals surface area contributed by atoms with Crippen molar-refractivity contribution in [3.63, 3.8) is 0 Å². The highest BCUT2D eigenvalue weighted by Crippen LogP contribution is 2.63. The van der Waals surface area contributed by atoms with Crippen LogP contribution in [0.25, 0.3) is 197 Å². The molecule has 0 spiro atoms. The fraction of sp³-hybridized carbons (Fsp3) is 0.0370. The van der Waals surface area contributed by atoms with Crippen molar-refractivity contribution < 1.29 is 0 Å². The highest BCUT2D eigenvalue weighted by molar-refractivity contribution is 14.1. The third kappa shape index (κ3) is 5.53. The van der Waals surface area contributed by atoms with Crippen LogP contribution in [-0.4, -0.2) is 0 Å². The van der Waals surface area contributed by atoms with Crippen molar-refractivity contribution in [3.05, 3.63) is 251 Å². The van der Waals surface area contributed by atoms with E-state index in [9.17, 15) is 0 Å². The molecule has 0 heterocycles. The van der Waals surface area contributed by atoms with Gasteiger partial charge in [0.2, 0.25) is 0 Å². The standard InChI is InChI=1S/C81H47I/c1-42-18-4-7-21-45(42)66-48-24-10-11-25-49(48)67(46-22-8-5-19-43(46)2)79-63-40-38-59-72-54(34-36-61(76(63)72)78(66)79)52-29-16-32-58-70(52)74(59)57-31-17-30-53-55-35-37-62-77-64(41-39-60(73(55)77)75(58)71(53)57)80-68(47-23-9-6-20-44(47)3)50-26-12-13-27-51(50)69(81(62)80)56-28-14-15-33-65(56)82/h4-41H,1-3H3. The first-order chi connectivity index (χ1) is 40.4. The molecule has 82 heavy (non-hydrogen) atoms. The monoisotopic (exact) mass is 1150 g/mol. The third-order valence-electron chi connectivity index (χ3n) is 19.5. The minimum atomic E-state index is 1.25. The van der Waals surface area contributed by atoms with Crippen LogP contribution in [0.4, 0.5) is 0 Å². The zero-order valence-electron chi connectivity index (χ0n) is 45.3. The Kier molecular flexibility index (Phi) is 8.93. The van der Waals surface area contributed by atoms with Crippen molar-refractivity contribution in [2.45, 2.75) is 20.8 Å². The summed E-state index contributed by atoms with van der Waals surface area (Å²) in [6, 6.07) is 88.6. The van der Waals surface area contributed by atoms with Crippen molar-refractivity contribution >= 4 is 130 Å². The molecule has 0 aromatic heterocycles. The molecular weight excluding hydrogens is 1100 g/mol. The number of rotatable bonds is 4. The lowest BCUT2D eigenvalue weighted by Gasteiger charge is -2.22. The van der Waals surface area contributed by atoms with Crippen molar-refractivity contribution in [1.29, 1.82) is 0 Å². The van der Waals surface area contributed by atoms with Gasteiger partial charge in [-0.2, -0.15) is 0 Å². The van der Waals surface area contributed by atoms with Crippen LogP contribution in [0.15, 0.2) is 231 Å². The Hall–Kier alpha value is -9.41. The van der Waals surface area contributed by atoms with Gasteiger partial charge < -0.3 is 0 Å². The number of halogens is 1. The zero-order chi connectivity index (χ0) is 54.0. The predicted molar refractivity (Wildman–Crippen MR) is 361 cm³/mol. The van der Waals surface area contributed by atoms with E-state index >= 15 is 0 Å². The first-order valence-corrected chi connectivity index (χ1v) is 29.9. The second kappa shape index (κ2) is 16.2. The van der Waals surface area contributed by atoms with E-state index in [4.69, 9.17) is 0 Å². The van der Waals surface area contributed by atoms with Crippen molar-refractivity contribution in [3.8, 4) is 89.0 Å². The molecule has 2 aliphatic rings. The van der Waals surface area contributed by atoms with Crippen molar-refractivity contribution in [2.75, 3.05) is 0 Å². The summed E-state index contributed by atoms with van der Waals surface area (Å²) in [7, 11) is 0. The van der Waals surface area contributed by atoms with E-state index in [0.29, 0.717) is 0 Å². The molecule has 0 saturated carbocycles. The van der Waals surface area contributed by atoms with Gasteiger partial charge in [0.05, 0.1) is 0 Å². The molecule has 0 atom stereocenters. The van der Waals surface area contributed by atoms with Gasteiger partial charge in [0, 0.05) is 3.57 Å². The van der Waals surface area contributed by atoms with Gasteiger partial charge in [0.25, 0.3) is 0 Å². The van der Waals surface area contributed by atoms with Crippen LogP contribution in [0, 0.1) is 24.3 Å². The van der Waals surface area contributed by atoms with Crippen LogP contribution in [0.5, 0.6) is 0 Å². The molecule has 0 nitrogen and oxygen atoms in total. The molecule has 0 fully saturated rings. The Bertz CT molecular complexity index is 5240. The highest BCUT2D eigenvalue weighted by Gasteiger charge is 2.36. The van der Waals surface area contributed by atoms with Crippen LogP contribution in [0.2, 0.25) is 0 Å². The summed E-state index contributed by atoms with van der Waals surface area (Å²) in [6.07, 6.45) is 0. The number of fused-ring (bicyclic) bond motifs is 14. The van der Waals surface area contributed by atoms with Crippen LogP contribution in [0.3, 0.4) is 0 Å². The molecule has 19 rings (SSSR count). The lowest BCUT2D eigenvalue weighted by atomic mass is 9.80. The second-order valence-electron chi connectivity index (χ2n) is 23.4. The van der Waals surface area contributed by atoms with Crippen LogP contribution in [-0.2, 0) is 0 Å². The average Bonchev–Trinajstić information content (AvgIpc) is 3.76. The van der Waals surface area contributed by atoms with Crippen molar-refractivity contribution in [2.24, 2.45) is 0 Å². The van der Waals surface area contributed by atoms with E-state index in [1.165, 1.54) is 217 Å². The van der Waals surface area contributed by atoms with Gasteiger partial charge in [-0.05, 0) is 263 Å².